The van der Waals surface area contributed by atoms with Crippen LogP contribution in [0.15, 0.2) is 84.9 Å². The average Bonchev–Trinajstić information content (AvgIpc) is 2.81. The van der Waals surface area contributed by atoms with Gasteiger partial charge in [-0.3, -0.25) is 10.1 Å². The van der Waals surface area contributed by atoms with Gasteiger partial charge in [-0.15, -0.1) is 0 Å². The fraction of sp³-hybridized carbons (Fsp3) is 0.269. The third-order valence-electron chi connectivity index (χ3n) is 5.72. The first-order valence-electron chi connectivity index (χ1n) is 10.6. The average molecular weight is 400 g/mol. The minimum atomic E-state index is 0.00457. The van der Waals surface area contributed by atoms with E-state index in [0.717, 1.165) is 26.2 Å². The summed E-state index contributed by atoms with van der Waals surface area (Å²) in [7, 11) is 0. The van der Waals surface area contributed by atoms with Crippen LogP contribution in [0.3, 0.4) is 0 Å². The molecule has 0 bridgehead atoms. The van der Waals surface area contributed by atoms with Crippen molar-refractivity contribution in [2.45, 2.75) is 13.0 Å². The quantitative estimate of drug-likeness (QED) is 0.680. The van der Waals surface area contributed by atoms with E-state index in [1.54, 1.807) is 0 Å². The summed E-state index contributed by atoms with van der Waals surface area (Å²) in [4.78, 5) is 17.2. The molecular formula is C26H29N3O. The fourth-order valence-corrected chi connectivity index (χ4v) is 4.06. The van der Waals surface area contributed by atoms with Crippen LogP contribution in [-0.2, 0) is 4.79 Å². The SMILES string of the molecule is Cc1cccc(N2CCN(C(=O)CNC(c3ccccc3)c3ccccc3)CC2)c1. The van der Waals surface area contributed by atoms with Crippen molar-refractivity contribution in [3.05, 3.63) is 102 Å². The molecule has 1 aliphatic heterocycles. The van der Waals surface area contributed by atoms with Gasteiger partial charge in [0.2, 0.25) is 5.91 Å². The highest BCUT2D eigenvalue weighted by Crippen LogP contribution is 2.22. The summed E-state index contributed by atoms with van der Waals surface area (Å²) in [6, 6.07) is 29.2. The minimum Gasteiger partial charge on any atom is -0.368 e. The number of hydrogen-bond donors (Lipinski definition) is 1. The van der Waals surface area contributed by atoms with Crippen LogP contribution < -0.4 is 10.2 Å². The molecule has 0 atom stereocenters. The lowest BCUT2D eigenvalue weighted by molar-refractivity contribution is -0.130. The fourth-order valence-electron chi connectivity index (χ4n) is 4.06. The Labute approximate surface area is 179 Å². The Morgan fingerprint density at radius 3 is 2.00 bits per heavy atom. The van der Waals surface area contributed by atoms with Crippen molar-refractivity contribution < 1.29 is 4.79 Å². The van der Waals surface area contributed by atoms with Gasteiger partial charge in [-0.1, -0.05) is 72.8 Å². The van der Waals surface area contributed by atoms with Gasteiger partial charge < -0.3 is 9.80 Å². The summed E-state index contributed by atoms with van der Waals surface area (Å²) >= 11 is 0. The molecule has 154 valence electrons. The van der Waals surface area contributed by atoms with E-state index >= 15 is 0 Å². The van der Waals surface area contributed by atoms with Crippen LogP contribution in [0.1, 0.15) is 22.7 Å². The second-order valence-electron chi connectivity index (χ2n) is 7.84. The number of rotatable bonds is 6. The Hall–Kier alpha value is -3.11. The van der Waals surface area contributed by atoms with Crippen molar-refractivity contribution >= 4 is 11.6 Å². The number of nitrogens with zero attached hydrogens (tertiary/aromatic N) is 2. The lowest BCUT2D eigenvalue weighted by Gasteiger charge is -2.36. The molecule has 0 aromatic heterocycles. The number of benzene rings is 3. The van der Waals surface area contributed by atoms with E-state index in [1.807, 2.05) is 41.3 Å². The number of carbonyl (C=O) groups is 1. The molecule has 1 N–H and O–H groups in total. The van der Waals surface area contributed by atoms with E-state index in [0.29, 0.717) is 6.54 Å². The molecule has 3 aromatic rings. The second kappa shape index (κ2) is 9.59. The van der Waals surface area contributed by atoms with Gasteiger partial charge in [-0.05, 0) is 35.7 Å². The Balaban J connectivity index is 1.36. The highest BCUT2D eigenvalue weighted by atomic mass is 16.2. The van der Waals surface area contributed by atoms with Crippen LogP contribution in [0.2, 0.25) is 0 Å². The Bertz CT molecular complexity index is 911. The number of carbonyl (C=O) groups excluding carboxylic acids is 1. The van der Waals surface area contributed by atoms with E-state index in [9.17, 15) is 4.79 Å². The van der Waals surface area contributed by atoms with Gasteiger partial charge in [0.1, 0.15) is 0 Å². The smallest absolute Gasteiger partial charge is 0.236 e. The molecule has 1 heterocycles. The highest BCUT2D eigenvalue weighted by Gasteiger charge is 2.22. The Kier molecular flexibility index (Phi) is 6.45. The number of piperazine rings is 1. The first-order chi connectivity index (χ1) is 14.7. The zero-order valence-electron chi connectivity index (χ0n) is 17.5. The van der Waals surface area contributed by atoms with Gasteiger partial charge >= 0.3 is 0 Å². The molecule has 4 rings (SSSR count). The van der Waals surface area contributed by atoms with Crippen molar-refractivity contribution in [2.75, 3.05) is 37.6 Å². The van der Waals surface area contributed by atoms with Crippen LogP contribution in [-0.4, -0.2) is 43.5 Å². The van der Waals surface area contributed by atoms with Crippen molar-refractivity contribution in [2.24, 2.45) is 0 Å². The lowest BCUT2D eigenvalue weighted by Crippen LogP contribution is -2.51. The maximum absolute atomic E-state index is 12.9. The van der Waals surface area contributed by atoms with Gasteiger partial charge in [-0.2, -0.15) is 0 Å². The topological polar surface area (TPSA) is 35.6 Å². The number of nitrogens with one attached hydrogen (secondary N) is 1. The van der Waals surface area contributed by atoms with Crippen molar-refractivity contribution in [1.82, 2.24) is 10.2 Å². The molecule has 0 radical (unpaired) electrons. The van der Waals surface area contributed by atoms with E-state index in [4.69, 9.17) is 0 Å². The molecule has 3 aromatic carbocycles. The van der Waals surface area contributed by atoms with Gasteiger partial charge in [0.05, 0.1) is 12.6 Å². The van der Waals surface area contributed by atoms with Crippen molar-refractivity contribution in [3.63, 3.8) is 0 Å². The third-order valence-corrected chi connectivity index (χ3v) is 5.72. The maximum atomic E-state index is 12.9. The number of anilines is 1. The number of hydrogen-bond acceptors (Lipinski definition) is 3. The zero-order valence-corrected chi connectivity index (χ0v) is 17.5. The van der Waals surface area contributed by atoms with E-state index in [1.165, 1.54) is 22.4 Å². The summed E-state index contributed by atoms with van der Waals surface area (Å²) in [5, 5.41) is 3.49. The molecule has 4 heteroatoms. The summed E-state index contributed by atoms with van der Waals surface area (Å²) in [5.74, 6) is 0.163. The van der Waals surface area contributed by atoms with Gasteiger partial charge in [0.25, 0.3) is 0 Å². The molecule has 30 heavy (non-hydrogen) atoms. The third kappa shape index (κ3) is 4.89. The van der Waals surface area contributed by atoms with Gasteiger partial charge in [-0.25, -0.2) is 0 Å². The zero-order chi connectivity index (χ0) is 20.8. The molecule has 1 aliphatic rings. The van der Waals surface area contributed by atoms with Crippen LogP contribution in [0, 0.1) is 6.92 Å². The first-order valence-corrected chi connectivity index (χ1v) is 10.6. The van der Waals surface area contributed by atoms with E-state index in [-0.39, 0.29) is 11.9 Å². The molecule has 0 spiro atoms. The van der Waals surface area contributed by atoms with Crippen LogP contribution in [0.25, 0.3) is 0 Å². The Morgan fingerprint density at radius 2 is 1.43 bits per heavy atom. The van der Waals surface area contributed by atoms with Crippen LogP contribution in [0.4, 0.5) is 5.69 Å². The largest absolute Gasteiger partial charge is 0.368 e. The summed E-state index contributed by atoms with van der Waals surface area (Å²) in [6.45, 7) is 5.71. The first kappa shape index (κ1) is 20.2. The molecule has 0 aliphatic carbocycles. The second-order valence-corrected chi connectivity index (χ2v) is 7.84. The van der Waals surface area contributed by atoms with Crippen molar-refractivity contribution in [3.8, 4) is 0 Å². The molecule has 1 saturated heterocycles. The predicted octanol–water partition coefficient (Wildman–Crippen LogP) is 4.02. The molecule has 1 fully saturated rings. The lowest BCUT2D eigenvalue weighted by atomic mass is 9.99. The summed E-state index contributed by atoms with van der Waals surface area (Å²) in [5.41, 5.74) is 4.85. The van der Waals surface area contributed by atoms with Crippen molar-refractivity contribution in [1.29, 1.82) is 0 Å². The molecule has 1 amide bonds. The Morgan fingerprint density at radius 1 is 0.833 bits per heavy atom. The molecule has 4 nitrogen and oxygen atoms in total. The summed E-state index contributed by atoms with van der Waals surface area (Å²) in [6.07, 6.45) is 0. The number of amides is 1. The van der Waals surface area contributed by atoms with Gasteiger partial charge in [0, 0.05) is 31.9 Å². The normalized spacial score (nSPS) is 14.2. The molecule has 0 saturated carbocycles. The maximum Gasteiger partial charge on any atom is 0.236 e. The predicted molar refractivity (Wildman–Crippen MR) is 123 cm³/mol. The standard InChI is InChI=1S/C26H29N3O/c1-21-9-8-14-24(19-21)28-15-17-29(18-16-28)25(30)20-27-26(22-10-4-2-5-11-22)23-12-6-3-7-13-23/h2-14,19,26-27H,15-18,20H2,1H3. The summed E-state index contributed by atoms with van der Waals surface area (Å²) < 4.78 is 0. The van der Waals surface area contributed by atoms with Crippen LogP contribution in [0.5, 0.6) is 0 Å². The highest BCUT2D eigenvalue weighted by molar-refractivity contribution is 5.78. The monoisotopic (exact) mass is 399 g/mol. The minimum absolute atomic E-state index is 0.00457. The van der Waals surface area contributed by atoms with E-state index in [2.05, 4.69) is 65.7 Å². The molecular weight excluding hydrogens is 370 g/mol. The van der Waals surface area contributed by atoms with E-state index < -0.39 is 0 Å². The number of aryl methyl sites for hydroxylation is 1. The van der Waals surface area contributed by atoms with Crippen LogP contribution >= 0.6 is 0 Å². The van der Waals surface area contributed by atoms with Gasteiger partial charge in [0.15, 0.2) is 0 Å². The molecule has 0 unspecified atom stereocenters.